The van der Waals surface area contributed by atoms with Gasteiger partial charge < -0.3 is 4.74 Å². The average Bonchev–Trinajstić information content (AvgIpc) is 2.40. The molecule has 0 aliphatic carbocycles. The largest absolute Gasteiger partial charge is 0.377 e. The van der Waals surface area contributed by atoms with E-state index in [-0.39, 0.29) is 0 Å². The van der Waals surface area contributed by atoms with E-state index in [1.165, 1.54) is 17.1 Å². The molecular weight excluding hydrogens is 266 g/mol. The molecular formula is C12H25N3O3S. The maximum absolute atomic E-state index is 12.0. The second-order valence-electron chi connectivity index (χ2n) is 5.48. The van der Waals surface area contributed by atoms with Gasteiger partial charge in [0.05, 0.1) is 6.10 Å². The summed E-state index contributed by atoms with van der Waals surface area (Å²) in [5.74, 6) is 0. The molecule has 0 radical (unpaired) electrons. The summed E-state index contributed by atoms with van der Waals surface area (Å²) in [5, 5.41) is 0. The van der Waals surface area contributed by atoms with Gasteiger partial charge in [-0.05, 0) is 19.3 Å². The van der Waals surface area contributed by atoms with Gasteiger partial charge in [-0.15, -0.1) is 0 Å². The fourth-order valence-electron chi connectivity index (χ4n) is 2.61. The zero-order valence-corrected chi connectivity index (χ0v) is 12.7. The van der Waals surface area contributed by atoms with Crippen LogP contribution in [0.2, 0.25) is 0 Å². The highest BCUT2D eigenvalue weighted by Crippen LogP contribution is 2.16. The number of nitrogens with zero attached hydrogens (tertiary/aromatic N) is 3. The summed E-state index contributed by atoms with van der Waals surface area (Å²) in [6, 6.07) is 0. The lowest BCUT2D eigenvalue weighted by atomic mass is 10.1. The van der Waals surface area contributed by atoms with Gasteiger partial charge in [0.25, 0.3) is 10.2 Å². The third-order valence-electron chi connectivity index (χ3n) is 3.85. The molecule has 0 unspecified atom stereocenters. The normalized spacial score (nSPS) is 27.8. The van der Waals surface area contributed by atoms with E-state index in [0.717, 1.165) is 32.7 Å². The van der Waals surface area contributed by atoms with Crippen LogP contribution >= 0.6 is 0 Å². The molecule has 0 bridgehead atoms. The first kappa shape index (κ1) is 15.2. The summed E-state index contributed by atoms with van der Waals surface area (Å²) in [6.07, 6.45) is 3.90. The monoisotopic (exact) mass is 291 g/mol. The Bertz CT molecular complexity index is 372. The summed E-state index contributed by atoms with van der Waals surface area (Å²) in [6.45, 7) is 4.57. The number of hydrogen-bond acceptors (Lipinski definition) is 4. The first-order valence-corrected chi connectivity index (χ1v) is 8.41. The highest BCUT2D eigenvalue weighted by Gasteiger charge is 2.29. The lowest BCUT2D eigenvalue weighted by molar-refractivity contribution is -0.0104. The minimum absolute atomic E-state index is 0.339. The Morgan fingerprint density at radius 1 is 1.16 bits per heavy atom. The molecule has 0 amide bonds. The Balaban J connectivity index is 1.79. The zero-order chi connectivity index (χ0) is 13.9. The predicted molar refractivity (Wildman–Crippen MR) is 74.2 cm³/mol. The van der Waals surface area contributed by atoms with Crippen LogP contribution in [0.15, 0.2) is 0 Å². The van der Waals surface area contributed by atoms with Crippen molar-refractivity contribution in [2.75, 3.05) is 53.4 Å². The summed E-state index contributed by atoms with van der Waals surface area (Å²) in [4.78, 5) is 2.32. The van der Waals surface area contributed by atoms with Crippen molar-refractivity contribution in [1.82, 2.24) is 13.5 Å². The first-order chi connectivity index (χ1) is 9.00. The smallest absolute Gasteiger partial charge is 0.281 e. The molecule has 2 aliphatic rings. The second kappa shape index (κ2) is 6.49. The van der Waals surface area contributed by atoms with Crippen molar-refractivity contribution in [3.8, 4) is 0 Å². The first-order valence-electron chi connectivity index (χ1n) is 7.01. The Morgan fingerprint density at radius 2 is 1.84 bits per heavy atom. The van der Waals surface area contributed by atoms with Gasteiger partial charge in [0.1, 0.15) is 0 Å². The highest BCUT2D eigenvalue weighted by atomic mass is 32.2. The van der Waals surface area contributed by atoms with E-state index in [0.29, 0.717) is 19.2 Å². The van der Waals surface area contributed by atoms with E-state index in [1.54, 1.807) is 18.4 Å². The number of rotatable bonds is 4. The number of ether oxygens (including phenoxy) is 1. The van der Waals surface area contributed by atoms with Crippen LogP contribution in [0.3, 0.4) is 0 Å². The van der Waals surface area contributed by atoms with Gasteiger partial charge in [-0.2, -0.15) is 17.0 Å². The molecule has 2 fully saturated rings. The molecule has 0 aromatic rings. The van der Waals surface area contributed by atoms with E-state index in [2.05, 4.69) is 4.90 Å². The van der Waals surface area contributed by atoms with E-state index in [1.807, 2.05) is 0 Å². The van der Waals surface area contributed by atoms with Crippen LogP contribution in [0, 0.1) is 0 Å². The second-order valence-corrected chi connectivity index (χ2v) is 7.62. The molecule has 0 N–H and O–H groups in total. The van der Waals surface area contributed by atoms with Crippen LogP contribution in [0.1, 0.15) is 19.3 Å². The van der Waals surface area contributed by atoms with Gasteiger partial charge in [-0.1, -0.05) is 0 Å². The van der Waals surface area contributed by atoms with Crippen LogP contribution in [-0.2, 0) is 14.9 Å². The fourth-order valence-corrected chi connectivity index (χ4v) is 3.70. The Kier molecular flexibility index (Phi) is 5.19. The van der Waals surface area contributed by atoms with Gasteiger partial charge in [0, 0.05) is 53.4 Å². The maximum Gasteiger partial charge on any atom is 0.281 e. The Morgan fingerprint density at radius 3 is 2.37 bits per heavy atom. The van der Waals surface area contributed by atoms with Gasteiger partial charge in [0.15, 0.2) is 0 Å². The van der Waals surface area contributed by atoms with Gasteiger partial charge in [-0.3, -0.25) is 4.90 Å². The third kappa shape index (κ3) is 3.88. The molecule has 1 atom stereocenters. The maximum atomic E-state index is 12.0. The SMILES string of the molecule is CN(C)S(=O)(=O)N1CCN(C[C@@H]2CCCCO2)CC1. The summed E-state index contributed by atoms with van der Waals surface area (Å²) in [5.41, 5.74) is 0. The van der Waals surface area contributed by atoms with Crippen molar-refractivity contribution in [3.63, 3.8) is 0 Å². The van der Waals surface area contributed by atoms with Crippen molar-refractivity contribution >= 4 is 10.2 Å². The fraction of sp³-hybridized carbons (Fsp3) is 1.00. The summed E-state index contributed by atoms with van der Waals surface area (Å²) in [7, 11) is -0.0859. The van der Waals surface area contributed by atoms with Gasteiger partial charge >= 0.3 is 0 Å². The number of hydrogen-bond donors (Lipinski definition) is 0. The van der Waals surface area contributed by atoms with Crippen molar-refractivity contribution < 1.29 is 13.2 Å². The minimum atomic E-state index is -3.25. The molecule has 6 nitrogen and oxygen atoms in total. The molecule has 2 saturated heterocycles. The van der Waals surface area contributed by atoms with Crippen LogP contribution < -0.4 is 0 Å². The average molecular weight is 291 g/mol. The highest BCUT2D eigenvalue weighted by molar-refractivity contribution is 7.86. The van der Waals surface area contributed by atoms with E-state index in [4.69, 9.17) is 4.74 Å². The topological polar surface area (TPSA) is 53.1 Å². The van der Waals surface area contributed by atoms with Crippen LogP contribution in [0.5, 0.6) is 0 Å². The Hall–Kier alpha value is -0.210. The predicted octanol–water partition coefficient (Wildman–Crippen LogP) is -0.0205. The molecule has 7 heteroatoms. The molecule has 2 heterocycles. The van der Waals surface area contributed by atoms with Crippen molar-refractivity contribution in [2.24, 2.45) is 0 Å². The van der Waals surface area contributed by atoms with Gasteiger partial charge in [0.2, 0.25) is 0 Å². The van der Waals surface area contributed by atoms with E-state index >= 15 is 0 Å². The quantitative estimate of drug-likeness (QED) is 0.730. The molecule has 2 rings (SSSR count). The van der Waals surface area contributed by atoms with Crippen molar-refractivity contribution in [1.29, 1.82) is 0 Å². The van der Waals surface area contributed by atoms with Crippen LogP contribution in [0.25, 0.3) is 0 Å². The molecule has 0 spiro atoms. The molecule has 0 saturated carbocycles. The van der Waals surface area contributed by atoms with Crippen molar-refractivity contribution in [3.05, 3.63) is 0 Å². The lowest BCUT2D eigenvalue weighted by Crippen LogP contribution is -2.53. The number of piperazine rings is 1. The van der Waals surface area contributed by atoms with E-state index < -0.39 is 10.2 Å². The minimum Gasteiger partial charge on any atom is -0.377 e. The lowest BCUT2D eigenvalue weighted by Gasteiger charge is -2.37. The van der Waals surface area contributed by atoms with Gasteiger partial charge in [-0.25, -0.2) is 0 Å². The van der Waals surface area contributed by atoms with Crippen LogP contribution in [-0.4, -0.2) is 81.5 Å². The standard InChI is InChI=1S/C12H25N3O3S/c1-13(2)19(16,17)15-8-6-14(7-9-15)11-12-5-3-4-10-18-12/h12H,3-11H2,1-2H3/t12-/m0/s1. The molecule has 19 heavy (non-hydrogen) atoms. The van der Waals surface area contributed by atoms with E-state index in [9.17, 15) is 8.42 Å². The zero-order valence-electron chi connectivity index (χ0n) is 11.9. The van der Waals surface area contributed by atoms with Crippen molar-refractivity contribution in [2.45, 2.75) is 25.4 Å². The summed E-state index contributed by atoms with van der Waals surface area (Å²) < 4.78 is 32.6. The molecule has 0 aromatic heterocycles. The molecule has 0 aromatic carbocycles. The Labute approximate surface area is 116 Å². The molecule has 2 aliphatic heterocycles. The molecule has 112 valence electrons. The summed E-state index contributed by atoms with van der Waals surface area (Å²) >= 11 is 0. The van der Waals surface area contributed by atoms with Crippen LogP contribution in [0.4, 0.5) is 0 Å². The third-order valence-corrected chi connectivity index (χ3v) is 5.80.